The Morgan fingerprint density at radius 3 is 2.78 bits per heavy atom. The van der Waals surface area contributed by atoms with E-state index < -0.39 is 0 Å². The number of aromatic nitrogens is 2. The standard InChI is InChI=1S/C13H16IN3S/c1-9(2)7-15-8-12-16-17-13(18-12)10-5-3-4-6-11(10)14/h3-6,9,15H,7-8H2,1-2H3. The molecular formula is C13H16IN3S. The molecule has 1 aromatic carbocycles. The highest BCUT2D eigenvalue weighted by atomic mass is 127. The van der Waals surface area contributed by atoms with E-state index >= 15 is 0 Å². The summed E-state index contributed by atoms with van der Waals surface area (Å²) in [6.45, 7) is 6.22. The van der Waals surface area contributed by atoms with Crippen LogP contribution in [0, 0.1) is 9.49 Å². The van der Waals surface area contributed by atoms with Crippen LogP contribution in [0.1, 0.15) is 18.9 Å². The van der Waals surface area contributed by atoms with Gasteiger partial charge in [0.15, 0.2) is 0 Å². The third kappa shape index (κ3) is 3.73. The summed E-state index contributed by atoms with van der Waals surface area (Å²) < 4.78 is 1.22. The van der Waals surface area contributed by atoms with Gasteiger partial charge in [-0.25, -0.2) is 0 Å². The monoisotopic (exact) mass is 373 g/mol. The largest absolute Gasteiger partial charge is 0.310 e. The van der Waals surface area contributed by atoms with Crippen molar-refractivity contribution in [3.8, 4) is 10.6 Å². The van der Waals surface area contributed by atoms with E-state index in [0.717, 1.165) is 23.1 Å². The fraction of sp³-hybridized carbons (Fsp3) is 0.385. The summed E-state index contributed by atoms with van der Waals surface area (Å²) in [5, 5.41) is 13.9. The van der Waals surface area contributed by atoms with Gasteiger partial charge in [0.1, 0.15) is 10.0 Å². The maximum atomic E-state index is 4.27. The molecule has 0 atom stereocenters. The van der Waals surface area contributed by atoms with Crippen LogP contribution >= 0.6 is 33.9 Å². The van der Waals surface area contributed by atoms with Crippen LogP contribution < -0.4 is 5.32 Å². The lowest BCUT2D eigenvalue weighted by Gasteiger charge is -2.04. The van der Waals surface area contributed by atoms with Crippen LogP contribution in [-0.2, 0) is 6.54 Å². The second-order valence-corrected chi connectivity index (χ2v) is 6.73. The minimum Gasteiger partial charge on any atom is -0.310 e. The number of nitrogens with one attached hydrogen (secondary N) is 1. The molecule has 3 nitrogen and oxygen atoms in total. The van der Waals surface area contributed by atoms with Gasteiger partial charge < -0.3 is 5.32 Å². The summed E-state index contributed by atoms with van der Waals surface area (Å²) in [4.78, 5) is 0. The first kappa shape index (κ1) is 13.9. The van der Waals surface area contributed by atoms with Gasteiger partial charge in [-0.1, -0.05) is 43.4 Å². The van der Waals surface area contributed by atoms with Gasteiger partial charge in [0.2, 0.25) is 0 Å². The van der Waals surface area contributed by atoms with Crippen LogP contribution in [0.3, 0.4) is 0 Å². The van der Waals surface area contributed by atoms with E-state index in [0.29, 0.717) is 5.92 Å². The SMILES string of the molecule is CC(C)CNCc1nnc(-c2ccccc2I)s1. The number of rotatable bonds is 5. The predicted molar refractivity (Wildman–Crippen MR) is 84.6 cm³/mol. The Labute approximate surface area is 125 Å². The smallest absolute Gasteiger partial charge is 0.148 e. The molecule has 0 amide bonds. The highest BCUT2D eigenvalue weighted by Gasteiger charge is 2.09. The highest BCUT2D eigenvalue weighted by molar-refractivity contribution is 14.1. The quantitative estimate of drug-likeness (QED) is 0.815. The second kappa shape index (κ2) is 6.58. The summed E-state index contributed by atoms with van der Waals surface area (Å²) in [6, 6.07) is 8.26. The Morgan fingerprint density at radius 2 is 2.06 bits per heavy atom. The van der Waals surface area contributed by atoms with Crippen LogP contribution in [-0.4, -0.2) is 16.7 Å². The number of hydrogen-bond donors (Lipinski definition) is 1. The molecule has 0 spiro atoms. The molecule has 0 saturated heterocycles. The summed E-state index contributed by atoms with van der Waals surface area (Å²) in [7, 11) is 0. The van der Waals surface area contributed by atoms with Gasteiger partial charge in [0, 0.05) is 15.7 Å². The van der Waals surface area contributed by atoms with Crippen molar-refractivity contribution in [1.29, 1.82) is 0 Å². The number of nitrogens with zero attached hydrogens (tertiary/aromatic N) is 2. The minimum atomic E-state index is 0.660. The predicted octanol–water partition coefficient (Wildman–Crippen LogP) is 3.56. The minimum absolute atomic E-state index is 0.660. The molecular weight excluding hydrogens is 357 g/mol. The third-order valence-electron chi connectivity index (χ3n) is 2.40. The Morgan fingerprint density at radius 1 is 1.28 bits per heavy atom. The van der Waals surface area contributed by atoms with Gasteiger partial charge in [-0.05, 0) is 41.1 Å². The molecule has 1 aromatic heterocycles. The maximum absolute atomic E-state index is 4.27. The first-order valence-electron chi connectivity index (χ1n) is 5.95. The van der Waals surface area contributed by atoms with E-state index in [4.69, 9.17) is 0 Å². The summed E-state index contributed by atoms with van der Waals surface area (Å²) in [5.74, 6) is 0.660. The third-order valence-corrected chi connectivity index (χ3v) is 4.30. The molecule has 0 radical (unpaired) electrons. The topological polar surface area (TPSA) is 37.8 Å². The van der Waals surface area contributed by atoms with Crippen molar-refractivity contribution in [2.75, 3.05) is 6.54 Å². The van der Waals surface area contributed by atoms with E-state index in [1.807, 2.05) is 12.1 Å². The van der Waals surface area contributed by atoms with Crippen LogP contribution in [0.15, 0.2) is 24.3 Å². The van der Waals surface area contributed by atoms with Crippen molar-refractivity contribution in [3.05, 3.63) is 32.8 Å². The van der Waals surface area contributed by atoms with Crippen LogP contribution in [0.4, 0.5) is 0 Å². The maximum Gasteiger partial charge on any atom is 0.148 e. The first-order chi connectivity index (χ1) is 8.66. The summed E-state index contributed by atoms with van der Waals surface area (Å²) in [5.41, 5.74) is 1.17. The van der Waals surface area contributed by atoms with E-state index in [-0.39, 0.29) is 0 Å². The first-order valence-corrected chi connectivity index (χ1v) is 7.84. The van der Waals surface area contributed by atoms with E-state index in [9.17, 15) is 0 Å². The lowest BCUT2D eigenvalue weighted by molar-refractivity contribution is 0.550. The van der Waals surface area contributed by atoms with Crippen molar-refractivity contribution in [1.82, 2.24) is 15.5 Å². The van der Waals surface area contributed by atoms with Crippen molar-refractivity contribution < 1.29 is 0 Å². The molecule has 1 heterocycles. The fourth-order valence-corrected chi connectivity index (χ4v) is 3.21. The molecule has 0 unspecified atom stereocenters. The average molecular weight is 373 g/mol. The second-order valence-electron chi connectivity index (χ2n) is 4.51. The molecule has 2 aromatic rings. The van der Waals surface area contributed by atoms with Crippen molar-refractivity contribution in [3.63, 3.8) is 0 Å². The fourth-order valence-electron chi connectivity index (χ4n) is 1.54. The van der Waals surface area contributed by atoms with Crippen molar-refractivity contribution in [2.45, 2.75) is 20.4 Å². The molecule has 0 aliphatic rings. The van der Waals surface area contributed by atoms with E-state index in [1.165, 1.54) is 9.13 Å². The Bertz CT molecular complexity index is 510. The molecule has 2 rings (SSSR count). The Kier molecular flexibility index (Phi) is 5.08. The number of halogens is 1. The van der Waals surface area contributed by atoms with Gasteiger partial charge in [-0.15, -0.1) is 10.2 Å². The van der Waals surface area contributed by atoms with Crippen molar-refractivity contribution in [2.24, 2.45) is 5.92 Å². The van der Waals surface area contributed by atoms with Crippen molar-refractivity contribution >= 4 is 33.9 Å². The molecule has 0 aliphatic carbocycles. The molecule has 1 N–H and O–H groups in total. The van der Waals surface area contributed by atoms with E-state index in [2.05, 4.69) is 64.1 Å². The lowest BCUT2D eigenvalue weighted by Crippen LogP contribution is -2.18. The van der Waals surface area contributed by atoms with Gasteiger partial charge >= 0.3 is 0 Å². The molecule has 18 heavy (non-hydrogen) atoms. The van der Waals surface area contributed by atoms with Crippen LogP contribution in [0.5, 0.6) is 0 Å². The number of hydrogen-bond acceptors (Lipinski definition) is 4. The molecule has 96 valence electrons. The average Bonchev–Trinajstić information content (AvgIpc) is 2.78. The molecule has 0 fully saturated rings. The van der Waals surface area contributed by atoms with Gasteiger partial charge in [0.25, 0.3) is 0 Å². The summed E-state index contributed by atoms with van der Waals surface area (Å²) in [6.07, 6.45) is 0. The van der Waals surface area contributed by atoms with Gasteiger partial charge in [-0.3, -0.25) is 0 Å². The van der Waals surface area contributed by atoms with Crippen LogP contribution in [0.25, 0.3) is 10.6 Å². The lowest BCUT2D eigenvalue weighted by atomic mass is 10.2. The molecule has 0 aliphatic heterocycles. The van der Waals surface area contributed by atoms with Gasteiger partial charge in [0.05, 0.1) is 0 Å². The number of benzene rings is 1. The zero-order valence-electron chi connectivity index (χ0n) is 10.5. The Hall–Kier alpha value is -0.530. The highest BCUT2D eigenvalue weighted by Crippen LogP contribution is 2.27. The molecule has 0 saturated carbocycles. The molecule has 0 bridgehead atoms. The van der Waals surface area contributed by atoms with E-state index in [1.54, 1.807) is 11.3 Å². The van der Waals surface area contributed by atoms with Gasteiger partial charge in [-0.2, -0.15) is 0 Å². The Balaban J connectivity index is 2.04. The van der Waals surface area contributed by atoms with Crippen LogP contribution in [0.2, 0.25) is 0 Å². The zero-order chi connectivity index (χ0) is 13.0. The zero-order valence-corrected chi connectivity index (χ0v) is 13.5. The summed E-state index contributed by atoms with van der Waals surface area (Å²) >= 11 is 4.00. The normalized spacial score (nSPS) is 11.1. The molecule has 5 heteroatoms.